The lowest BCUT2D eigenvalue weighted by Crippen LogP contribution is -2.24. The first-order valence-corrected chi connectivity index (χ1v) is 7.46. The van der Waals surface area contributed by atoms with Crippen molar-refractivity contribution in [1.29, 1.82) is 5.26 Å². The molecular formula is C12H15N3O2S. The highest BCUT2D eigenvalue weighted by atomic mass is 32.2. The summed E-state index contributed by atoms with van der Waals surface area (Å²) in [6.07, 6.45) is 0.888. The number of rotatable bonds is 4. The molecule has 1 aliphatic rings. The van der Waals surface area contributed by atoms with Gasteiger partial charge in [0.25, 0.3) is 0 Å². The summed E-state index contributed by atoms with van der Waals surface area (Å²) in [7, 11) is -3.34. The Bertz CT molecular complexity index is 557. The van der Waals surface area contributed by atoms with E-state index in [1.54, 1.807) is 18.2 Å². The van der Waals surface area contributed by atoms with Gasteiger partial charge in [-0.25, -0.2) is 8.42 Å². The number of nitriles is 1. The van der Waals surface area contributed by atoms with E-state index in [0.29, 0.717) is 11.3 Å². The van der Waals surface area contributed by atoms with E-state index in [1.165, 1.54) is 6.07 Å². The highest BCUT2D eigenvalue weighted by Gasteiger charge is 2.22. The Morgan fingerprint density at radius 3 is 3.00 bits per heavy atom. The summed E-state index contributed by atoms with van der Waals surface area (Å²) in [5.41, 5.74) is 0.887. The zero-order valence-electron chi connectivity index (χ0n) is 9.89. The maximum absolute atomic E-state index is 11.9. The van der Waals surface area contributed by atoms with Crippen LogP contribution < -0.4 is 10.0 Å². The van der Waals surface area contributed by atoms with E-state index in [4.69, 9.17) is 5.26 Å². The first kappa shape index (κ1) is 12.9. The van der Waals surface area contributed by atoms with Gasteiger partial charge in [0, 0.05) is 5.69 Å². The molecule has 1 aromatic carbocycles. The van der Waals surface area contributed by atoms with Gasteiger partial charge in [0.1, 0.15) is 0 Å². The van der Waals surface area contributed by atoms with Crippen LogP contribution in [0.5, 0.6) is 0 Å². The SMILES string of the molecule is N#Cc1cccc(NS(=O)(=O)CC2CCNC2)c1. The number of anilines is 1. The molecule has 0 bridgehead atoms. The van der Waals surface area contributed by atoms with Gasteiger partial charge in [-0.2, -0.15) is 5.26 Å². The normalized spacial score (nSPS) is 19.4. The molecule has 1 aliphatic heterocycles. The van der Waals surface area contributed by atoms with Crippen molar-refractivity contribution < 1.29 is 8.42 Å². The van der Waals surface area contributed by atoms with E-state index < -0.39 is 10.0 Å². The molecular weight excluding hydrogens is 250 g/mol. The highest BCUT2D eigenvalue weighted by Crippen LogP contribution is 2.15. The summed E-state index contributed by atoms with van der Waals surface area (Å²) in [4.78, 5) is 0. The Hall–Kier alpha value is -1.58. The number of benzene rings is 1. The van der Waals surface area contributed by atoms with E-state index in [1.807, 2.05) is 6.07 Å². The van der Waals surface area contributed by atoms with E-state index in [9.17, 15) is 8.42 Å². The number of nitrogens with zero attached hydrogens (tertiary/aromatic N) is 1. The Morgan fingerprint density at radius 1 is 1.50 bits per heavy atom. The molecule has 0 amide bonds. The predicted molar refractivity (Wildman–Crippen MR) is 69.5 cm³/mol. The van der Waals surface area contributed by atoms with Gasteiger partial charge in [-0.1, -0.05) is 6.07 Å². The second-order valence-electron chi connectivity index (χ2n) is 4.43. The van der Waals surface area contributed by atoms with Crippen LogP contribution in [-0.2, 0) is 10.0 Å². The maximum atomic E-state index is 11.9. The average Bonchev–Trinajstić information content (AvgIpc) is 2.80. The van der Waals surface area contributed by atoms with Crippen LogP contribution in [0, 0.1) is 17.2 Å². The summed E-state index contributed by atoms with van der Waals surface area (Å²) < 4.78 is 26.4. The lowest BCUT2D eigenvalue weighted by molar-refractivity contribution is 0.575. The topological polar surface area (TPSA) is 82.0 Å². The van der Waals surface area contributed by atoms with Gasteiger partial charge in [-0.05, 0) is 43.6 Å². The quantitative estimate of drug-likeness (QED) is 0.847. The van der Waals surface area contributed by atoms with Gasteiger partial charge in [0.05, 0.1) is 17.4 Å². The van der Waals surface area contributed by atoms with Crippen LogP contribution in [0.1, 0.15) is 12.0 Å². The molecule has 1 heterocycles. The fourth-order valence-corrected chi connectivity index (χ4v) is 3.51. The summed E-state index contributed by atoms with van der Waals surface area (Å²) in [5.74, 6) is 0.290. The molecule has 18 heavy (non-hydrogen) atoms. The smallest absolute Gasteiger partial charge is 0.233 e. The Morgan fingerprint density at radius 2 is 2.33 bits per heavy atom. The van der Waals surface area contributed by atoms with Gasteiger partial charge < -0.3 is 5.32 Å². The zero-order valence-corrected chi connectivity index (χ0v) is 10.7. The minimum Gasteiger partial charge on any atom is -0.316 e. The van der Waals surface area contributed by atoms with Crippen molar-refractivity contribution in [2.45, 2.75) is 6.42 Å². The fourth-order valence-electron chi connectivity index (χ4n) is 2.04. The first-order chi connectivity index (χ1) is 8.59. The molecule has 0 aromatic heterocycles. The van der Waals surface area contributed by atoms with Crippen LogP contribution in [-0.4, -0.2) is 27.3 Å². The highest BCUT2D eigenvalue weighted by molar-refractivity contribution is 7.92. The van der Waals surface area contributed by atoms with Crippen molar-refractivity contribution in [2.75, 3.05) is 23.6 Å². The standard InChI is InChI=1S/C12H15N3O2S/c13-7-10-2-1-3-12(6-10)15-18(16,17)9-11-4-5-14-8-11/h1-3,6,11,14-15H,4-5,8-9H2. The molecule has 5 nitrogen and oxygen atoms in total. The van der Waals surface area contributed by atoms with E-state index in [0.717, 1.165) is 19.5 Å². The number of hydrogen-bond donors (Lipinski definition) is 2. The van der Waals surface area contributed by atoms with E-state index in [2.05, 4.69) is 10.0 Å². The van der Waals surface area contributed by atoms with Crippen molar-refractivity contribution in [2.24, 2.45) is 5.92 Å². The predicted octanol–water partition coefficient (Wildman–Crippen LogP) is 0.909. The third-order valence-electron chi connectivity index (χ3n) is 2.88. The van der Waals surface area contributed by atoms with Crippen molar-refractivity contribution in [3.05, 3.63) is 29.8 Å². The van der Waals surface area contributed by atoms with Gasteiger partial charge in [-0.3, -0.25) is 4.72 Å². The molecule has 96 valence electrons. The van der Waals surface area contributed by atoms with Crippen LogP contribution in [0.25, 0.3) is 0 Å². The molecule has 1 unspecified atom stereocenters. The second-order valence-corrected chi connectivity index (χ2v) is 6.20. The van der Waals surface area contributed by atoms with Crippen LogP contribution in [0.2, 0.25) is 0 Å². The van der Waals surface area contributed by atoms with Crippen molar-refractivity contribution in [3.8, 4) is 6.07 Å². The minimum absolute atomic E-state index is 0.122. The van der Waals surface area contributed by atoms with E-state index >= 15 is 0 Å². The molecule has 1 atom stereocenters. The van der Waals surface area contributed by atoms with Gasteiger partial charge >= 0.3 is 0 Å². The monoisotopic (exact) mass is 265 g/mol. The fraction of sp³-hybridized carbons (Fsp3) is 0.417. The Labute approximate surface area is 107 Å². The molecule has 0 aliphatic carbocycles. The molecule has 6 heteroatoms. The molecule has 0 spiro atoms. The van der Waals surface area contributed by atoms with Gasteiger partial charge in [-0.15, -0.1) is 0 Å². The minimum atomic E-state index is -3.34. The van der Waals surface area contributed by atoms with Gasteiger partial charge in [0.2, 0.25) is 10.0 Å². The maximum Gasteiger partial charge on any atom is 0.233 e. The molecule has 0 radical (unpaired) electrons. The second kappa shape index (κ2) is 5.38. The molecule has 1 aromatic rings. The number of hydrogen-bond acceptors (Lipinski definition) is 4. The molecule has 2 N–H and O–H groups in total. The summed E-state index contributed by atoms with van der Waals surface area (Å²) in [6.45, 7) is 1.63. The lowest BCUT2D eigenvalue weighted by Gasteiger charge is -2.11. The van der Waals surface area contributed by atoms with Crippen molar-refractivity contribution >= 4 is 15.7 Å². The third-order valence-corrected chi connectivity index (χ3v) is 4.34. The Kier molecular flexibility index (Phi) is 3.84. The summed E-state index contributed by atoms with van der Waals surface area (Å²) in [6, 6.07) is 8.46. The van der Waals surface area contributed by atoms with Gasteiger partial charge in [0.15, 0.2) is 0 Å². The van der Waals surface area contributed by atoms with Crippen LogP contribution in [0.15, 0.2) is 24.3 Å². The average molecular weight is 265 g/mol. The molecule has 2 rings (SSSR count). The largest absolute Gasteiger partial charge is 0.316 e. The first-order valence-electron chi connectivity index (χ1n) is 5.80. The third kappa shape index (κ3) is 3.45. The number of nitrogens with one attached hydrogen (secondary N) is 2. The summed E-state index contributed by atoms with van der Waals surface area (Å²) >= 11 is 0. The molecule has 0 saturated carbocycles. The molecule has 1 fully saturated rings. The molecule has 1 saturated heterocycles. The van der Waals surface area contributed by atoms with Crippen molar-refractivity contribution in [1.82, 2.24) is 5.32 Å². The lowest BCUT2D eigenvalue weighted by atomic mass is 10.2. The zero-order chi connectivity index (χ0) is 13.0. The van der Waals surface area contributed by atoms with Crippen molar-refractivity contribution in [3.63, 3.8) is 0 Å². The Balaban J connectivity index is 2.04. The van der Waals surface area contributed by atoms with Crippen LogP contribution >= 0.6 is 0 Å². The number of sulfonamides is 1. The van der Waals surface area contributed by atoms with E-state index in [-0.39, 0.29) is 11.7 Å². The summed E-state index contributed by atoms with van der Waals surface area (Å²) in [5, 5.41) is 11.9. The van der Waals surface area contributed by atoms with Crippen LogP contribution in [0.3, 0.4) is 0 Å². The van der Waals surface area contributed by atoms with Crippen LogP contribution in [0.4, 0.5) is 5.69 Å².